The molecule has 5 heterocycles. The van der Waals surface area contributed by atoms with E-state index in [1.54, 1.807) is 23.1 Å². The number of benzene rings is 3. The van der Waals surface area contributed by atoms with Gasteiger partial charge in [0.1, 0.15) is 29.4 Å². The smallest absolute Gasteiger partial charge is 0.319 e. The second-order valence-electron chi connectivity index (χ2n) is 14.2. The van der Waals surface area contributed by atoms with Gasteiger partial charge >= 0.3 is 6.01 Å². The second-order valence-corrected chi connectivity index (χ2v) is 16.4. The van der Waals surface area contributed by atoms with Crippen molar-refractivity contribution in [3.63, 3.8) is 0 Å². The molecular formula is C36H41FN6O5S. The number of fused-ring (bicyclic) bond motifs is 5. The Hall–Kier alpha value is -4.07. The highest BCUT2D eigenvalue weighted by Gasteiger charge is 2.46. The van der Waals surface area contributed by atoms with Crippen molar-refractivity contribution in [2.45, 2.75) is 56.1 Å². The molecule has 2 atom stereocenters. The van der Waals surface area contributed by atoms with Crippen LogP contribution < -0.4 is 9.64 Å². The largest absolute Gasteiger partial charge is 0.508 e. The Bertz CT molecular complexity index is 2050. The van der Waals surface area contributed by atoms with Crippen molar-refractivity contribution < 1.29 is 27.4 Å². The van der Waals surface area contributed by atoms with Crippen LogP contribution in [0, 0.1) is 5.82 Å². The average Bonchev–Trinajstić information content (AvgIpc) is 3.74. The summed E-state index contributed by atoms with van der Waals surface area (Å²) in [6.07, 6.45) is 5.79. The van der Waals surface area contributed by atoms with Gasteiger partial charge in [0.25, 0.3) is 0 Å². The molecule has 0 spiro atoms. The number of aromatic nitrogens is 2. The molecule has 4 aromatic rings. The molecule has 13 heteroatoms. The van der Waals surface area contributed by atoms with Crippen LogP contribution in [0.4, 0.5) is 10.2 Å². The molecule has 2 unspecified atom stereocenters. The van der Waals surface area contributed by atoms with E-state index in [0.29, 0.717) is 42.0 Å². The molecule has 3 aromatic carbocycles. The number of phenolic OH excluding ortho intramolecular Hbond substituents is 1. The molecule has 2 bridgehead atoms. The van der Waals surface area contributed by atoms with Crippen LogP contribution in [-0.4, -0.2) is 114 Å². The van der Waals surface area contributed by atoms with Crippen LogP contribution in [0.15, 0.2) is 48.5 Å². The van der Waals surface area contributed by atoms with Crippen molar-refractivity contribution in [1.29, 1.82) is 0 Å². The summed E-state index contributed by atoms with van der Waals surface area (Å²) < 4.78 is 49.5. The molecule has 258 valence electrons. The topological polar surface area (TPSA) is 119 Å². The van der Waals surface area contributed by atoms with E-state index in [9.17, 15) is 18.3 Å². The molecule has 4 saturated heterocycles. The zero-order chi connectivity index (χ0) is 34.1. The molecule has 4 aliphatic rings. The third kappa shape index (κ3) is 5.55. The van der Waals surface area contributed by atoms with Crippen LogP contribution in [0.5, 0.6) is 11.8 Å². The van der Waals surface area contributed by atoms with Gasteiger partial charge in [-0.25, -0.2) is 17.1 Å². The van der Waals surface area contributed by atoms with Gasteiger partial charge in [0.15, 0.2) is 5.82 Å². The molecule has 1 amide bonds. The monoisotopic (exact) mass is 688 g/mol. The van der Waals surface area contributed by atoms with Crippen molar-refractivity contribution in [3.05, 3.63) is 54.3 Å². The number of piperazine rings is 1. The third-order valence-corrected chi connectivity index (χ3v) is 12.8. The molecule has 11 nitrogen and oxygen atoms in total. The molecule has 4 aliphatic heterocycles. The Morgan fingerprint density at radius 3 is 2.43 bits per heavy atom. The number of carbonyl (C=O) groups is 1. The Morgan fingerprint density at radius 1 is 1.00 bits per heavy atom. The van der Waals surface area contributed by atoms with Crippen LogP contribution >= 0.6 is 0 Å². The van der Waals surface area contributed by atoms with E-state index in [4.69, 9.17) is 14.7 Å². The van der Waals surface area contributed by atoms with Gasteiger partial charge in [0.05, 0.1) is 5.54 Å². The Labute approximate surface area is 285 Å². The minimum absolute atomic E-state index is 0.0406. The molecule has 8 rings (SSSR count). The molecular weight excluding hydrogens is 647 g/mol. The fourth-order valence-electron chi connectivity index (χ4n) is 8.66. The maximum atomic E-state index is 16.9. The van der Waals surface area contributed by atoms with Crippen molar-refractivity contribution in [3.8, 4) is 22.9 Å². The lowest BCUT2D eigenvalue weighted by atomic mass is 9.95. The van der Waals surface area contributed by atoms with Crippen LogP contribution in [-0.2, 0) is 14.8 Å². The van der Waals surface area contributed by atoms with Gasteiger partial charge in [0, 0.05) is 50.2 Å². The minimum Gasteiger partial charge on any atom is -0.508 e. The summed E-state index contributed by atoms with van der Waals surface area (Å²) in [5.41, 5.74) is 0.934. The third-order valence-electron chi connectivity index (χ3n) is 11.1. The van der Waals surface area contributed by atoms with E-state index < -0.39 is 27.5 Å². The van der Waals surface area contributed by atoms with E-state index in [-0.39, 0.29) is 34.9 Å². The van der Waals surface area contributed by atoms with Gasteiger partial charge in [0.2, 0.25) is 15.9 Å². The van der Waals surface area contributed by atoms with E-state index >= 15 is 4.39 Å². The maximum absolute atomic E-state index is 16.9. The zero-order valence-electron chi connectivity index (χ0n) is 27.8. The minimum atomic E-state index is -3.70. The summed E-state index contributed by atoms with van der Waals surface area (Å²) in [6, 6.07) is 14.0. The number of carbonyl (C=O) groups excluding carboxylic acids is 1. The fourth-order valence-corrected chi connectivity index (χ4v) is 9.38. The zero-order valence-corrected chi connectivity index (χ0v) is 28.6. The van der Waals surface area contributed by atoms with Crippen LogP contribution in [0.25, 0.3) is 32.8 Å². The average molecular weight is 689 g/mol. The van der Waals surface area contributed by atoms with Gasteiger partial charge < -0.3 is 19.6 Å². The number of anilines is 1. The highest BCUT2D eigenvalue weighted by Crippen LogP contribution is 2.42. The van der Waals surface area contributed by atoms with Crippen molar-refractivity contribution in [2.75, 3.05) is 57.5 Å². The highest BCUT2D eigenvalue weighted by atomic mass is 32.2. The second kappa shape index (κ2) is 12.1. The van der Waals surface area contributed by atoms with E-state index in [0.717, 1.165) is 66.7 Å². The summed E-state index contributed by atoms with van der Waals surface area (Å²) in [5.74, 6) is -0.933. The first kappa shape index (κ1) is 32.2. The molecule has 0 saturated carbocycles. The van der Waals surface area contributed by atoms with Gasteiger partial charge in [-0.2, -0.15) is 9.97 Å². The van der Waals surface area contributed by atoms with Gasteiger partial charge in [-0.1, -0.05) is 30.3 Å². The maximum Gasteiger partial charge on any atom is 0.319 e. The lowest BCUT2D eigenvalue weighted by Gasteiger charge is -2.42. The number of phenols is 1. The normalized spacial score (nSPS) is 22.0. The summed E-state index contributed by atoms with van der Waals surface area (Å²) in [4.78, 5) is 29.2. The van der Waals surface area contributed by atoms with E-state index in [1.165, 1.54) is 14.1 Å². The molecule has 4 fully saturated rings. The van der Waals surface area contributed by atoms with Gasteiger partial charge in [-0.15, -0.1) is 0 Å². The number of halogens is 1. The molecule has 49 heavy (non-hydrogen) atoms. The number of nitrogens with zero attached hydrogens (tertiary/aromatic N) is 6. The Kier molecular flexibility index (Phi) is 7.91. The number of rotatable bonds is 8. The number of aromatic hydroxyl groups is 1. The molecule has 0 aliphatic carbocycles. The predicted octanol–water partition coefficient (Wildman–Crippen LogP) is 4.37. The summed E-state index contributed by atoms with van der Waals surface area (Å²) in [5, 5.41) is 12.7. The van der Waals surface area contributed by atoms with Gasteiger partial charge in [-0.05, 0) is 86.1 Å². The number of ether oxygens (including phenoxy) is 1. The summed E-state index contributed by atoms with van der Waals surface area (Å²) in [7, 11) is -0.845. The first-order chi connectivity index (χ1) is 23.5. The number of hydrogen-bond acceptors (Lipinski definition) is 9. The number of sulfonamides is 1. The Balaban J connectivity index is 1.18. The lowest BCUT2D eigenvalue weighted by Crippen LogP contribution is -2.57. The van der Waals surface area contributed by atoms with Crippen molar-refractivity contribution in [2.24, 2.45) is 0 Å². The van der Waals surface area contributed by atoms with Crippen LogP contribution in [0.2, 0.25) is 0 Å². The quantitative estimate of drug-likeness (QED) is 0.288. The number of hydrogen-bond donors (Lipinski definition) is 1. The Morgan fingerprint density at radius 2 is 1.71 bits per heavy atom. The first-order valence-corrected chi connectivity index (χ1v) is 18.7. The standard InChI is InChI=1S/C36H41FN6O5S/c1-40(2)49(46,47)21-31(45)43-24-9-10-25(43)20-41(19-24)34-29-12-11-28(30-18-26(44)17-23-7-3-4-8-27(23)30)32(37)33(29)38-35(39-34)48-22-36-13-5-15-42(36)16-6-14-36/h3-4,7-8,11-12,17-18,24-25,44H,5-6,9-10,13-16,19-22H2,1-2H3. The molecule has 1 N–H and O–H groups in total. The SMILES string of the molecule is CN(C)S(=O)(=O)CC(=O)N1C2CCC1CN(c1nc(OCC34CCCN3CCC4)nc3c(F)c(-c4cc(O)cc5ccccc45)ccc13)C2. The summed E-state index contributed by atoms with van der Waals surface area (Å²) >= 11 is 0. The lowest BCUT2D eigenvalue weighted by molar-refractivity contribution is -0.131. The van der Waals surface area contributed by atoms with Crippen molar-refractivity contribution in [1.82, 2.24) is 24.1 Å². The van der Waals surface area contributed by atoms with Crippen molar-refractivity contribution >= 4 is 43.4 Å². The van der Waals surface area contributed by atoms with Crippen LogP contribution in [0.1, 0.15) is 38.5 Å². The van der Waals surface area contributed by atoms with Crippen LogP contribution in [0.3, 0.4) is 0 Å². The van der Waals surface area contributed by atoms with E-state index in [2.05, 4.69) is 9.80 Å². The van der Waals surface area contributed by atoms with E-state index in [1.807, 2.05) is 30.3 Å². The first-order valence-electron chi connectivity index (χ1n) is 17.1. The predicted molar refractivity (Wildman–Crippen MR) is 186 cm³/mol. The fraction of sp³-hybridized carbons (Fsp3) is 0.472. The number of amides is 1. The molecule has 1 aromatic heterocycles. The molecule has 0 radical (unpaired) electrons. The highest BCUT2D eigenvalue weighted by molar-refractivity contribution is 7.89. The van der Waals surface area contributed by atoms with Gasteiger partial charge in [-0.3, -0.25) is 9.69 Å². The summed E-state index contributed by atoms with van der Waals surface area (Å²) in [6.45, 7) is 3.36.